The number of hydrogen-bond donors (Lipinski definition) is 0. The lowest BCUT2D eigenvalue weighted by Gasteiger charge is -2.40. The molecule has 0 saturated heterocycles. The number of carbonyl (C=O) groups excluding carboxylic acids is 1. The molecule has 2 nitrogen and oxygen atoms in total. The van der Waals surface area contributed by atoms with Crippen LogP contribution in [-0.2, 0) is 9.53 Å². The van der Waals surface area contributed by atoms with Crippen molar-refractivity contribution in [2.24, 2.45) is 11.3 Å². The SMILES string of the molecule is CC1=CCC(OC(=O)C(C)(C)C)(C(C)C)CC1. The summed E-state index contributed by atoms with van der Waals surface area (Å²) in [6, 6.07) is 0. The first-order valence-electron chi connectivity index (χ1n) is 6.56. The van der Waals surface area contributed by atoms with Gasteiger partial charge in [0.2, 0.25) is 0 Å². The monoisotopic (exact) mass is 238 g/mol. The van der Waals surface area contributed by atoms with Crippen LogP contribution >= 0.6 is 0 Å². The maximum Gasteiger partial charge on any atom is 0.311 e. The molecule has 0 aromatic rings. The summed E-state index contributed by atoms with van der Waals surface area (Å²) in [5.41, 5.74) is 0.704. The van der Waals surface area contributed by atoms with E-state index in [9.17, 15) is 4.79 Å². The van der Waals surface area contributed by atoms with Crippen molar-refractivity contribution in [3.63, 3.8) is 0 Å². The number of carbonyl (C=O) groups is 1. The van der Waals surface area contributed by atoms with Gasteiger partial charge in [0.15, 0.2) is 0 Å². The van der Waals surface area contributed by atoms with Gasteiger partial charge in [-0.15, -0.1) is 0 Å². The average molecular weight is 238 g/mol. The fourth-order valence-electron chi connectivity index (χ4n) is 2.03. The molecule has 2 heteroatoms. The van der Waals surface area contributed by atoms with Crippen molar-refractivity contribution in [1.82, 2.24) is 0 Å². The van der Waals surface area contributed by atoms with Gasteiger partial charge < -0.3 is 4.74 Å². The average Bonchev–Trinajstić information content (AvgIpc) is 2.20. The van der Waals surface area contributed by atoms with Crippen molar-refractivity contribution in [2.75, 3.05) is 0 Å². The second-order valence-electron chi connectivity index (χ2n) is 6.61. The summed E-state index contributed by atoms with van der Waals surface area (Å²) in [4.78, 5) is 12.1. The van der Waals surface area contributed by atoms with Gasteiger partial charge in [-0.2, -0.15) is 0 Å². The quantitative estimate of drug-likeness (QED) is 0.535. The van der Waals surface area contributed by atoms with Crippen LogP contribution in [0.4, 0.5) is 0 Å². The minimum Gasteiger partial charge on any atom is -0.458 e. The number of rotatable bonds is 2. The zero-order valence-corrected chi connectivity index (χ0v) is 12.1. The van der Waals surface area contributed by atoms with Crippen LogP contribution in [0, 0.1) is 11.3 Å². The molecule has 0 aliphatic heterocycles. The molecule has 0 radical (unpaired) electrons. The molecule has 1 rings (SSSR count). The topological polar surface area (TPSA) is 26.3 Å². The molecule has 0 heterocycles. The minimum absolute atomic E-state index is 0.0841. The molecule has 0 saturated carbocycles. The van der Waals surface area contributed by atoms with Crippen molar-refractivity contribution in [1.29, 1.82) is 0 Å². The molecule has 0 aromatic heterocycles. The Kier molecular flexibility index (Phi) is 4.06. The van der Waals surface area contributed by atoms with Gasteiger partial charge in [-0.05, 0) is 46.5 Å². The smallest absolute Gasteiger partial charge is 0.311 e. The summed E-state index contributed by atoms with van der Waals surface area (Å²) in [5.74, 6) is 0.275. The molecular formula is C15H26O2. The van der Waals surface area contributed by atoms with E-state index in [2.05, 4.69) is 26.8 Å². The molecular weight excluding hydrogens is 212 g/mol. The zero-order valence-electron chi connectivity index (χ0n) is 12.1. The highest BCUT2D eigenvalue weighted by atomic mass is 16.6. The maximum atomic E-state index is 12.1. The van der Waals surface area contributed by atoms with Gasteiger partial charge >= 0.3 is 5.97 Å². The third-order valence-corrected chi connectivity index (χ3v) is 3.70. The molecule has 0 aromatic carbocycles. The summed E-state index contributed by atoms with van der Waals surface area (Å²) in [6.45, 7) is 12.2. The predicted octanol–water partition coefficient (Wildman–Crippen LogP) is 4.10. The van der Waals surface area contributed by atoms with Crippen LogP contribution in [0.2, 0.25) is 0 Å². The van der Waals surface area contributed by atoms with Gasteiger partial charge in [-0.1, -0.05) is 25.5 Å². The van der Waals surface area contributed by atoms with Crippen molar-refractivity contribution in [3.05, 3.63) is 11.6 Å². The Morgan fingerprint density at radius 3 is 2.35 bits per heavy atom. The summed E-state index contributed by atoms with van der Waals surface area (Å²) >= 11 is 0. The van der Waals surface area contributed by atoms with E-state index < -0.39 is 5.41 Å². The Labute approximate surface area is 105 Å². The lowest BCUT2D eigenvalue weighted by molar-refractivity contribution is -0.176. The highest BCUT2D eigenvalue weighted by molar-refractivity contribution is 5.75. The first-order chi connectivity index (χ1) is 7.67. The first-order valence-corrected chi connectivity index (χ1v) is 6.56. The van der Waals surface area contributed by atoms with Crippen LogP contribution in [0.5, 0.6) is 0 Å². The molecule has 0 amide bonds. The molecule has 1 atom stereocenters. The maximum absolute atomic E-state index is 12.1. The van der Waals surface area contributed by atoms with Crippen LogP contribution < -0.4 is 0 Å². The van der Waals surface area contributed by atoms with Crippen LogP contribution in [0.15, 0.2) is 11.6 Å². The summed E-state index contributed by atoms with van der Waals surface area (Å²) in [7, 11) is 0. The van der Waals surface area contributed by atoms with Gasteiger partial charge in [0, 0.05) is 6.42 Å². The van der Waals surface area contributed by atoms with E-state index in [1.165, 1.54) is 5.57 Å². The highest BCUT2D eigenvalue weighted by Crippen LogP contribution is 2.38. The van der Waals surface area contributed by atoms with Crippen LogP contribution in [0.3, 0.4) is 0 Å². The zero-order chi connectivity index (χ0) is 13.3. The van der Waals surface area contributed by atoms with Crippen LogP contribution in [0.1, 0.15) is 60.8 Å². The van der Waals surface area contributed by atoms with E-state index in [-0.39, 0.29) is 11.6 Å². The number of hydrogen-bond acceptors (Lipinski definition) is 2. The largest absolute Gasteiger partial charge is 0.458 e. The summed E-state index contributed by atoms with van der Waals surface area (Å²) in [6.07, 6.45) is 5.07. The van der Waals surface area contributed by atoms with E-state index in [0.29, 0.717) is 5.92 Å². The predicted molar refractivity (Wildman–Crippen MR) is 70.7 cm³/mol. The highest BCUT2D eigenvalue weighted by Gasteiger charge is 2.40. The van der Waals surface area contributed by atoms with Gasteiger partial charge in [-0.25, -0.2) is 0 Å². The van der Waals surface area contributed by atoms with Gasteiger partial charge in [0.1, 0.15) is 5.60 Å². The van der Waals surface area contributed by atoms with Crippen molar-refractivity contribution in [2.45, 2.75) is 66.4 Å². The Bertz CT molecular complexity index is 320. The van der Waals surface area contributed by atoms with E-state index in [1.54, 1.807) is 0 Å². The molecule has 0 bridgehead atoms. The Hall–Kier alpha value is -0.790. The van der Waals surface area contributed by atoms with Crippen LogP contribution in [0.25, 0.3) is 0 Å². The Morgan fingerprint density at radius 2 is 2.00 bits per heavy atom. The fourth-order valence-corrected chi connectivity index (χ4v) is 2.03. The van der Waals surface area contributed by atoms with Crippen molar-refractivity contribution >= 4 is 5.97 Å². The number of esters is 1. The molecule has 98 valence electrons. The van der Waals surface area contributed by atoms with E-state index in [4.69, 9.17) is 4.74 Å². The molecule has 17 heavy (non-hydrogen) atoms. The van der Waals surface area contributed by atoms with E-state index in [1.807, 2.05) is 20.8 Å². The van der Waals surface area contributed by atoms with Crippen molar-refractivity contribution < 1.29 is 9.53 Å². The van der Waals surface area contributed by atoms with Gasteiger partial charge in [-0.3, -0.25) is 4.79 Å². The normalized spacial score (nSPS) is 25.7. The number of ether oxygens (including phenoxy) is 1. The van der Waals surface area contributed by atoms with E-state index >= 15 is 0 Å². The second kappa shape index (κ2) is 4.83. The van der Waals surface area contributed by atoms with Crippen molar-refractivity contribution in [3.8, 4) is 0 Å². The summed E-state index contributed by atoms with van der Waals surface area (Å²) in [5, 5.41) is 0. The Morgan fingerprint density at radius 1 is 1.41 bits per heavy atom. The molecule has 0 N–H and O–H groups in total. The number of allylic oxidation sites excluding steroid dienone is 1. The third-order valence-electron chi connectivity index (χ3n) is 3.70. The van der Waals surface area contributed by atoms with Gasteiger partial charge in [0.25, 0.3) is 0 Å². The molecule has 1 unspecified atom stereocenters. The molecule has 1 aliphatic rings. The second-order valence-corrected chi connectivity index (χ2v) is 6.61. The Balaban J connectivity index is 2.85. The lowest BCUT2D eigenvalue weighted by atomic mass is 9.77. The summed E-state index contributed by atoms with van der Waals surface area (Å²) < 4.78 is 5.87. The van der Waals surface area contributed by atoms with E-state index in [0.717, 1.165) is 19.3 Å². The molecule has 0 spiro atoms. The fraction of sp³-hybridized carbons (Fsp3) is 0.800. The standard InChI is InChI=1S/C15H26O2/c1-11(2)15(9-7-12(3)8-10-15)17-13(16)14(4,5)6/h7,11H,8-10H2,1-6H3. The van der Waals surface area contributed by atoms with Crippen LogP contribution in [-0.4, -0.2) is 11.6 Å². The molecule has 1 aliphatic carbocycles. The first kappa shape index (κ1) is 14.3. The lowest BCUT2D eigenvalue weighted by Crippen LogP contribution is -2.44. The third kappa shape index (κ3) is 3.34. The molecule has 0 fully saturated rings. The minimum atomic E-state index is -0.419. The van der Waals surface area contributed by atoms with Gasteiger partial charge in [0.05, 0.1) is 5.41 Å².